The summed E-state index contributed by atoms with van der Waals surface area (Å²) in [4.78, 5) is 0. The highest BCUT2D eigenvalue weighted by atomic mass is 28.3. The van der Waals surface area contributed by atoms with Gasteiger partial charge in [-0.2, -0.15) is 0 Å². The van der Waals surface area contributed by atoms with E-state index in [4.69, 9.17) is 5.21 Å². The van der Waals surface area contributed by atoms with Crippen LogP contribution in [0.1, 0.15) is 37.5 Å². The Balaban J connectivity index is 3.43. The lowest BCUT2D eigenvalue weighted by atomic mass is 10.1. The average Bonchev–Trinajstić information content (AvgIpc) is 2.21. The van der Waals surface area contributed by atoms with Crippen LogP contribution in [-0.2, 0) is 6.54 Å². The Hall–Kier alpha value is -0.643. The summed E-state index contributed by atoms with van der Waals surface area (Å²) >= 11 is 0. The van der Waals surface area contributed by atoms with Crippen molar-refractivity contribution in [2.24, 2.45) is 0 Å². The summed E-state index contributed by atoms with van der Waals surface area (Å²) in [5, 5.41) is 10.8. The molecule has 0 fully saturated rings. The lowest BCUT2D eigenvalue weighted by molar-refractivity contribution is 0.161. The number of benzene rings is 1. The average molecular weight is 265 g/mol. The molecule has 0 aliphatic carbocycles. The van der Waals surface area contributed by atoms with Crippen LogP contribution in [0.25, 0.3) is 0 Å². The van der Waals surface area contributed by atoms with Crippen LogP contribution in [-0.4, -0.2) is 13.3 Å². The second-order valence-corrected chi connectivity index (χ2v) is 12.1. The molecule has 0 bridgehead atoms. The lowest BCUT2D eigenvalue weighted by Gasteiger charge is -2.39. The first-order valence-corrected chi connectivity index (χ1v) is 9.59. The van der Waals surface area contributed by atoms with Gasteiger partial charge in [0.15, 0.2) is 0 Å². The third-order valence-corrected chi connectivity index (χ3v) is 10.1. The summed E-state index contributed by atoms with van der Waals surface area (Å²) < 4.78 is 0. The van der Waals surface area contributed by atoms with Gasteiger partial charge in [-0.25, -0.2) is 5.48 Å². The summed E-state index contributed by atoms with van der Waals surface area (Å²) in [6, 6.07) is 4.55. The Bertz CT molecular complexity index is 433. The second-order valence-electron chi connectivity index (χ2n) is 6.80. The Labute approximate surface area is 112 Å². The fraction of sp³-hybridized carbons (Fsp3) is 0.600. The number of hydrogen-bond donors (Lipinski definition) is 2. The maximum atomic E-state index is 9.04. The molecule has 0 aliphatic rings. The highest BCUT2D eigenvalue weighted by Gasteiger charge is 2.38. The van der Waals surface area contributed by atoms with E-state index in [0.29, 0.717) is 11.6 Å². The summed E-state index contributed by atoms with van der Waals surface area (Å²) in [6.45, 7) is 16.6. The molecule has 0 aliphatic heterocycles. The topological polar surface area (TPSA) is 32.3 Å². The molecule has 2 nitrogen and oxygen atoms in total. The Morgan fingerprint density at radius 3 is 2.06 bits per heavy atom. The smallest absolute Gasteiger partial charge is 0.0863 e. The molecule has 102 valence electrons. The van der Waals surface area contributed by atoms with Crippen LogP contribution in [0, 0.1) is 13.8 Å². The molecule has 0 saturated heterocycles. The van der Waals surface area contributed by atoms with Crippen LogP contribution < -0.4 is 10.7 Å². The fourth-order valence-corrected chi connectivity index (χ4v) is 4.44. The molecule has 0 unspecified atom stereocenters. The summed E-state index contributed by atoms with van der Waals surface area (Å²) in [5.41, 5.74) is 6.20. The SMILES string of the molecule is Cc1cc(CNO)c([Si](C)(C)C(C)(C)C)cc1C. The molecule has 0 heterocycles. The van der Waals surface area contributed by atoms with Gasteiger partial charge in [0.1, 0.15) is 0 Å². The van der Waals surface area contributed by atoms with Gasteiger partial charge in [0, 0.05) is 6.54 Å². The lowest BCUT2D eigenvalue weighted by Crippen LogP contribution is -2.51. The third kappa shape index (κ3) is 2.84. The van der Waals surface area contributed by atoms with Gasteiger partial charge in [0.05, 0.1) is 8.07 Å². The van der Waals surface area contributed by atoms with Gasteiger partial charge in [-0.1, -0.05) is 51.2 Å². The minimum atomic E-state index is -1.57. The molecule has 0 radical (unpaired) electrons. The van der Waals surface area contributed by atoms with Crippen molar-refractivity contribution in [1.82, 2.24) is 5.48 Å². The molecule has 3 heteroatoms. The van der Waals surface area contributed by atoms with Gasteiger partial charge >= 0.3 is 0 Å². The van der Waals surface area contributed by atoms with Crippen molar-refractivity contribution in [3.8, 4) is 0 Å². The predicted octanol–water partition coefficient (Wildman–Crippen LogP) is 3.50. The van der Waals surface area contributed by atoms with Crippen molar-refractivity contribution in [1.29, 1.82) is 0 Å². The molecule has 0 spiro atoms. The fourth-order valence-electron chi connectivity index (χ4n) is 2.09. The van der Waals surface area contributed by atoms with Gasteiger partial charge < -0.3 is 5.21 Å². The molecule has 0 aromatic heterocycles. The van der Waals surface area contributed by atoms with Crippen LogP contribution in [0.15, 0.2) is 12.1 Å². The van der Waals surface area contributed by atoms with E-state index >= 15 is 0 Å². The predicted molar refractivity (Wildman–Crippen MR) is 81.4 cm³/mol. The minimum absolute atomic E-state index is 0.304. The molecule has 1 rings (SSSR count). The molecule has 18 heavy (non-hydrogen) atoms. The molecule has 0 saturated carbocycles. The summed E-state index contributed by atoms with van der Waals surface area (Å²) in [7, 11) is -1.57. The zero-order chi connectivity index (χ0) is 14.1. The number of hydroxylamine groups is 1. The molecule has 1 aromatic rings. The number of nitrogens with one attached hydrogen (secondary N) is 1. The van der Waals surface area contributed by atoms with Crippen LogP contribution in [0.3, 0.4) is 0 Å². The standard InChI is InChI=1S/C15H27NOSi/c1-11-8-13(10-16-17)14(9-12(11)2)18(6,7)15(3,4)5/h8-9,16-17H,10H2,1-7H3. The highest BCUT2D eigenvalue weighted by molar-refractivity contribution is 6.92. The second kappa shape index (κ2) is 5.15. The van der Waals surface area contributed by atoms with Crippen LogP contribution >= 0.6 is 0 Å². The van der Waals surface area contributed by atoms with Gasteiger partial charge in [-0.15, -0.1) is 0 Å². The van der Waals surface area contributed by atoms with E-state index in [-0.39, 0.29) is 0 Å². The van der Waals surface area contributed by atoms with Gasteiger partial charge in [0.2, 0.25) is 0 Å². The highest BCUT2D eigenvalue weighted by Crippen LogP contribution is 2.36. The van der Waals surface area contributed by atoms with E-state index in [0.717, 1.165) is 0 Å². The Morgan fingerprint density at radius 1 is 1.11 bits per heavy atom. The van der Waals surface area contributed by atoms with E-state index < -0.39 is 8.07 Å². The first kappa shape index (κ1) is 15.4. The van der Waals surface area contributed by atoms with E-state index in [1.165, 1.54) is 21.9 Å². The minimum Gasteiger partial charge on any atom is -0.316 e. The van der Waals surface area contributed by atoms with E-state index in [1.807, 2.05) is 0 Å². The Morgan fingerprint density at radius 2 is 1.61 bits per heavy atom. The normalized spacial score (nSPS) is 12.9. The van der Waals surface area contributed by atoms with Crippen molar-refractivity contribution in [3.63, 3.8) is 0 Å². The van der Waals surface area contributed by atoms with Crippen molar-refractivity contribution < 1.29 is 5.21 Å². The molecule has 1 aromatic carbocycles. The van der Waals surface area contributed by atoms with Crippen LogP contribution in [0.5, 0.6) is 0 Å². The molecule has 0 amide bonds. The van der Waals surface area contributed by atoms with E-state index in [2.05, 4.69) is 65.3 Å². The monoisotopic (exact) mass is 265 g/mol. The number of rotatable bonds is 3. The van der Waals surface area contributed by atoms with E-state index in [9.17, 15) is 0 Å². The van der Waals surface area contributed by atoms with Crippen molar-refractivity contribution in [3.05, 3.63) is 28.8 Å². The molecule has 2 N–H and O–H groups in total. The molecular weight excluding hydrogens is 238 g/mol. The zero-order valence-corrected chi connectivity index (χ0v) is 13.8. The molecular formula is C15H27NOSi. The van der Waals surface area contributed by atoms with Crippen molar-refractivity contribution in [2.75, 3.05) is 0 Å². The van der Waals surface area contributed by atoms with Gasteiger partial charge in [-0.05, 0) is 35.6 Å². The third-order valence-electron chi connectivity index (χ3n) is 4.54. The quantitative estimate of drug-likeness (QED) is 0.647. The van der Waals surface area contributed by atoms with Gasteiger partial charge in [-0.3, -0.25) is 0 Å². The van der Waals surface area contributed by atoms with Crippen LogP contribution in [0.2, 0.25) is 18.1 Å². The van der Waals surface area contributed by atoms with Gasteiger partial charge in [0.25, 0.3) is 0 Å². The first-order chi connectivity index (χ1) is 8.11. The van der Waals surface area contributed by atoms with Crippen molar-refractivity contribution >= 4 is 13.3 Å². The maximum absolute atomic E-state index is 9.04. The summed E-state index contributed by atoms with van der Waals surface area (Å²) in [6.07, 6.45) is 0. The van der Waals surface area contributed by atoms with Crippen LogP contribution in [0.4, 0.5) is 0 Å². The molecule has 0 atom stereocenters. The first-order valence-electron chi connectivity index (χ1n) is 6.59. The largest absolute Gasteiger partial charge is 0.316 e. The van der Waals surface area contributed by atoms with E-state index in [1.54, 1.807) is 0 Å². The number of hydrogen-bond acceptors (Lipinski definition) is 2. The summed E-state index contributed by atoms with van der Waals surface area (Å²) in [5.74, 6) is 0. The number of aryl methyl sites for hydroxylation is 2. The van der Waals surface area contributed by atoms with Crippen molar-refractivity contribution in [2.45, 2.75) is 59.3 Å². The maximum Gasteiger partial charge on any atom is 0.0863 e. The zero-order valence-electron chi connectivity index (χ0n) is 12.8. The Kier molecular flexibility index (Phi) is 4.41.